The molecule has 3 aromatic heterocycles. The maximum atomic E-state index is 4.67. The first-order valence-electron chi connectivity index (χ1n) is 9.96. The molecule has 4 rings (SSSR count). The highest BCUT2D eigenvalue weighted by Gasteiger charge is 2.26. The van der Waals surface area contributed by atoms with Gasteiger partial charge in [-0.15, -0.1) is 0 Å². The molecule has 0 spiro atoms. The molecule has 0 fully saturated rings. The van der Waals surface area contributed by atoms with E-state index in [4.69, 9.17) is 0 Å². The zero-order valence-corrected chi connectivity index (χ0v) is 17.0. The van der Waals surface area contributed by atoms with Crippen LogP contribution in [-0.4, -0.2) is 26.8 Å². The number of nitrogens with one attached hydrogen (secondary N) is 1. The number of nitrogens with zero attached hydrogens (tertiary/aromatic N) is 4. The molecule has 0 bridgehead atoms. The standard InChI is InChI=1S/C22H29N5/c1-13(2)17-10-25-21-11-26-27(22(21)15(17)4)12-14(3)18-8-24-9-19-16(18)6-7-20(19)23-5/h8-11,13-14,20,23H,6-7,12H2,1-5H3. The van der Waals surface area contributed by atoms with Crippen molar-refractivity contribution in [1.29, 1.82) is 0 Å². The smallest absolute Gasteiger partial charge is 0.109 e. The molecule has 27 heavy (non-hydrogen) atoms. The SMILES string of the molecule is CNC1CCc2c(C(C)Cn3ncc4ncc(C(C)C)c(C)c43)cncc21. The molecule has 0 aliphatic heterocycles. The molecular weight excluding hydrogens is 334 g/mol. The van der Waals surface area contributed by atoms with Crippen molar-refractivity contribution >= 4 is 11.0 Å². The first-order chi connectivity index (χ1) is 13.0. The van der Waals surface area contributed by atoms with Crippen molar-refractivity contribution in [3.63, 3.8) is 0 Å². The van der Waals surface area contributed by atoms with Gasteiger partial charge in [0.15, 0.2) is 0 Å². The topological polar surface area (TPSA) is 55.6 Å². The van der Waals surface area contributed by atoms with Crippen molar-refractivity contribution < 1.29 is 0 Å². The Bertz CT molecular complexity index is 972. The third-order valence-electron chi connectivity index (χ3n) is 6.08. The summed E-state index contributed by atoms with van der Waals surface area (Å²) in [5.41, 5.74) is 8.96. The van der Waals surface area contributed by atoms with Gasteiger partial charge in [-0.1, -0.05) is 20.8 Å². The van der Waals surface area contributed by atoms with Crippen LogP contribution < -0.4 is 5.32 Å². The predicted octanol–water partition coefficient (Wildman–Crippen LogP) is 4.27. The molecule has 1 aliphatic carbocycles. The van der Waals surface area contributed by atoms with Crippen molar-refractivity contribution in [2.75, 3.05) is 7.05 Å². The molecule has 0 radical (unpaired) electrons. The van der Waals surface area contributed by atoms with Crippen LogP contribution >= 0.6 is 0 Å². The zero-order chi connectivity index (χ0) is 19.1. The summed E-state index contributed by atoms with van der Waals surface area (Å²) in [7, 11) is 2.04. The van der Waals surface area contributed by atoms with Gasteiger partial charge in [0.1, 0.15) is 5.52 Å². The van der Waals surface area contributed by atoms with Gasteiger partial charge in [0, 0.05) is 37.1 Å². The Hall–Kier alpha value is -2.27. The largest absolute Gasteiger partial charge is 0.313 e. The second kappa shape index (κ2) is 7.04. The van der Waals surface area contributed by atoms with Crippen LogP contribution in [0.2, 0.25) is 0 Å². The molecule has 1 N–H and O–H groups in total. The van der Waals surface area contributed by atoms with Gasteiger partial charge in [-0.2, -0.15) is 5.10 Å². The van der Waals surface area contributed by atoms with Gasteiger partial charge in [0.2, 0.25) is 0 Å². The Labute approximate surface area is 161 Å². The lowest BCUT2D eigenvalue weighted by Crippen LogP contribution is -2.14. The van der Waals surface area contributed by atoms with Gasteiger partial charge in [-0.3, -0.25) is 14.6 Å². The molecule has 5 heteroatoms. The molecule has 142 valence electrons. The van der Waals surface area contributed by atoms with Crippen molar-refractivity contribution in [2.45, 2.75) is 65.0 Å². The molecule has 5 nitrogen and oxygen atoms in total. The van der Waals surface area contributed by atoms with E-state index in [0.717, 1.165) is 24.9 Å². The van der Waals surface area contributed by atoms with Crippen LogP contribution in [0.15, 0.2) is 24.8 Å². The maximum absolute atomic E-state index is 4.67. The Kier molecular flexibility index (Phi) is 4.72. The molecule has 0 saturated heterocycles. The molecule has 0 aromatic carbocycles. The average molecular weight is 364 g/mol. The van der Waals surface area contributed by atoms with E-state index in [1.54, 1.807) is 0 Å². The third kappa shape index (κ3) is 3.04. The van der Waals surface area contributed by atoms with Crippen LogP contribution in [0.4, 0.5) is 0 Å². The van der Waals surface area contributed by atoms with Crippen molar-refractivity contribution in [2.24, 2.45) is 0 Å². The van der Waals surface area contributed by atoms with Crippen LogP contribution in [0.25, 0.3) is 11.0 Å². The predicted molar refractivity (Wildman–Crippen MR) is 109 cm³/mol. The summed E-state index contributed by atoms with van der Waals surface area (Å²) in [6, 6.07) is 0.435. The molecule has 2 unspecified atom stereocenters. The maximum Gasteiger partial charge on any atom is 0.109 e. The average Bonchev–Trinajstić information content (AvgIpc) is 3.25. The summed E-state index contributed by atoms with van der Waals surface area (Å²) in [4.78, 5) is 9.18. The third-order valence-corrected chi connectivity index (χ3v) is 6.08. The fraction of sp³-hybridized carbons (Fsp3) is 0.500. The van der Waals surface area contributed by atoms with Crippen LogP contribution in [0.1, 0.15) is 72.9 Å². The van der Waals surface area contributed by atoms with Gasteiger partial charge >= 0.3 is 0 Å². The Morgan fingerprint density at radius 1 is 1.15 bits per heavy atom. The van der Waals surface area contributed by atoms with E-state index >= 15 is 0 Å². The second-order valence-corrected chi connectivity index (χ2v) is 8.13. The van der Waals surface area contributed by atoms with E-state index < -0.39 is 0 Å². The molecule has 3 aromatic rings. The molecule has 0 saturated carbocycles. The summed E-state index contributed by atoms with van der Waals surface area (Å²) in [6.45, 7) is 9.76. The number of aromatic nitrogens is 4. The summed E-state index contributed by atoms with van der Waals surface area (Å²) in [5.74, 6) is 0.816. The lowest BCUT2D eigenvalue weighted by Gasteiger charge is -2.18. The number of hydrogen-bond donors (Lipinski definition) is 1. The highest BCUT2D eigenvalue weighted by atomic mass is 15.3. The zero-order valence-electron chi connectivity index (χ0n) is 17.0. The number of hydrogen-bond acceptors (Lipinski definition) is 4. The summed E-state index contributed by atoms with van der Waals surface area (Å²) < 4.78 is 2.14. The summed E-state index contributed by atoms with van der Waals surface area (Å²) in [6.07, 6.45) is 10.3. The van der Waals surface area contributed by atoms with E-state index in [9.17, 15) is 0 Å². The summed E-state index contributed by atoms with van der Waals surface area (Å²) >= 11 is 0. The van der Waals surface area contributed by atoms with Crippen LogP contribution in [0, 0.1) is 6.92 Å². The van der Waals surface area contributed by atoms with Gasteiger partial charge in [-0.05, 0) is 60.5 Å². The highest BCUT2D eigenvalue weighted by Crippen LogP contribution is 2.36. The fourth-order valence-corrected chi connectivity index (χ4v) is 4.58. The van der Waals surface area contributed by atoms with Gasteiger partial charge in [-0.25, -0.2) is 0 Å². The Balaban J connectivity index is 1.70. The number of aryl methyl sites for hydroxylation is 1. The molecular formula is C22H29N5. The van der Waals surface area contributed by atoms with E-state index in [1.807, 2.05) is 25.6 Å². The van der Waals surface area contributed by atoms with E-state index in [1.165, 1.54) is 33.3 Å². The summed E-state index contributed by atoms with van der Waals surface area (Å²) in [5, 5.41) is 8.08. The van der Waals surface area contributed by atoms with E-state index in [2.05, 4.69) is 59.0 Å². The van der Waals surface area contributed by atoms with Gasteiger partial charge in [0.25, 0.3) is 0 Å². The Morgan fingerprint density at radius 2 is 1.96 bits per heavy atom. The van der Waals surface area contributed by atoms with Crippen LogP contribution in [0.3, 0.4) is 0 Å². The minimum absolute atomic E-state index is 0.355. The fourth-order valence-electron chi connectivity index (χ4n) is 4.58. The molecule has 2 atom stereocenters. The van der Waals surface area contributed by atoms with Crippen molar-refractivity contribution in [1.82, 2.24) is 25.1 Å². The normalized spacial score (nSPS) is 17.6. The minimum atomic E-state index is 0.355. The first-order valence-corrected chi connectivity index (χ1v) is 9.96. The Morgan fingerprint density at radius 3 is 2.70 bits per heavy atom. The number of pyridine rings is 2. The molecule has 0 amide bonds. The number of rotatable bonds is 5. The number of fused-ring (bicyclic) bond motifs is 2. The minimum Gasteiger partial charge on any atom is -0.313 e. The highest BCUT2D eigenvalue weighted by molar-refractivity contribution is 5.79. The van der Waals surface area contributed by atoms with Crippen molar-refractivity contribution in [3.05, 3.63) is 52.6 Å². The quantitative estimate of drug-likeness (QED) is 0.735. The molecule has 1 aliphatic rings. The lowest BCUT2D eigenvalue weighted by molar-refractivity contribution is 0.553. The molecule has 3 heterocycles. The van der Waals surface area contributed by atoms with Crippen LogP contribution in [0.5, 0.6) is 0 Å². The van der Waals surface area contributed by atoms with Gasteiger partial charge < -0.3 is 5.32 Å². The monoisotopic (exact) mass is 363 g/mol. The van der Waals surface area contributed by atoms with Crippen molar-refractivity contribution in [3.8, 4) is 0 Å². The first kappa shape index (κ1) is 18.1. The second-order valence-electron chi connectivity index (χ2n) is 8.13. The van der Waals surface area contributed by atoms with E-state index in [0.29, 0.717) is 17.9 Å². The van der Waals surface area contributed by atoms with E-state index in [-0.39, 0.29) is 0 Å². The lowest BCUT2D eigenvalue weighted by atomic mass is 9.95. The van der Waals surface area contributed by atoms with Gasteiger partial charge in [0.05, 0.1) is 11.7 Å². The van der Waals surface area contributed by atoms with Crippen LogP contribution in [-0.2, 0) is 13.0 Å².